The van der Waals surface area contributed by atoms with Crippen LogP contribution in [0.5, 0.6) is 0 Å². The Balaban J connectivity index is 1.63. The Morgan fingerprint density at radius 1 is 1.23 bits per heavy atom. The van der Waals surface area contributed by atoms with E-state index in [-0.39, 0.29) is 40.5 Å². The van der Waals surface area contributed by atoms with Crippen LogP contribution in [0, 0.1) is 11.8 Å². The van der Waals surface area contributed by atoms with Crippen molar-refractivity contribution in [2.45, 2.75) is 44.0 Å². The van der Waals surface area contributed by atoms with Crippen LogP contribution >= 0.6 is 11.6 Å². The Hall–Kier alpha value is -1.68. The molecule has 0 spiro atoms. The van der Waals surface area contributed by atoms with Gasteiger partial charge in [-0.3, -0.25) is 4.79 Å². The van der Waals surface area contributed by atoms with Crippen LogP contribution < -0.4 is 5.32 Å². The summed E-state index contributed by atoms with van der Waals surface area (Å²) in [4.78, 5) is 24.5. The van der Waals surface area contributed by atoms with Crippen molar-refractivity contribution in [2.75, 3.05) is 32.9 Å². The first kappa shape index (κ1) is 24.0. The van der Waals surface area contributed by atoms with E-state index < -0.39 is 22.6 Å². The van der Waals surface area contributed by atoms with Crippen molar-refractivity contribution in [2.24, 2.45) is 11.8 Å². The average Bonchev–Trinajstić information content (AvgIpc) is 2.76. The fraction of sp³-hybridized carbons (Fsp3) is 0.619. The third-order valence-corrected chi connectivity index (χ3v) is 8.52. The van der Waals surface area contributed by atoms with Crippen LogP contribution in [0.25, 0.3) is 0 Å². The highest BCUT2D eigenvalue weighted by atomic mass is 35.5. The van der Waals surface area contributed by atoms with Gasteiger partial charge in [-0.1, -0.05) is 38.3 Å². The number of rotatable bonds is 6. The predicted octanol–water partition coefficient (Wildman–Crippen LogP) is 2.46. The molecule has 1 aliphatic heterocycles. The lowest BCUT2D eigenvalue weighted by Crippen LogP contribution is -2.45. The number of nitrogens with zero attached hydrogens (tertiary/aromatic N) is 1. The molecule has 0 bridgehead atoms. The van der Waals surface area contributed by atoms with Crippen LogP contribution in [0.3, 0.4) is 0 Å². The number of hydrogen-bond donors (Lipinski definition) is 1. The van der Waals surface area contributed by atoms with Gasteiger partial charge in [-0.05, 0) is 36.5 Å². The molecular weight excluding hydrogens is 444 g/mol. The smallest absolute Gasteiger partial charge is 0.338 e. The van der Waals surface area contributed by atoms with Crippen molar-refractivity contribution < 1.29 is 27.5 Å². The number of halogens is 1. The fourth-order valence-corrected chi connectivity index (χ4v) is 5.91. The summed E-state index contributed by atoms with van der Waals surface area (Å²) in [5.41, 5.74) is 0.0173. The van der Waals surface area contributed by atoms with Gasteiger partial charge in [0.05, 0.1) is 23.8 Å². The van der Waals surface area contributed by atoms with Crippen molar-refractivity contribution in [1.29, 1.82) is 0 Å². The van der Waals surface area contributed by atoms with Crippen molar-refractivity contribution in [1.82, 2.24) is 9.62 Å². The number of nitrogens with one attached hydrogen (secondary N) is 1. The third-order valence-electron chi connectivity index (χ3n) is 6.14. The summed E-state index contributed by atoms with van der Waals surface area (Å²) < 4.78 is 37.4. The van der Waals surface area contributed by atoms with E-state index in [4.69, 9.17) is 21.1 Å². The van der Waals surface area contributed by atoms with Crippen LogP contribution in [-0.4, -0.2) is 63.6 Å². The molecule has 3 unspecified atom stereocenters. The molecule has 8 nitrogen and oxygen atoms in total. The number of carbonyl (C=O) groups is 2. The lowest BCUT2D eigenvalue weighted by molar-refractivity contribution is -0.125. The van der Waals surface area contributed by atoms with Gasteiger partial charge in [-0.15, -0.1) is 0 Å². The van der Waals surface area contributed by atoms with Crippen molar-refractivity contribution in [3.63, 3.8) is 0 Å². The zero-order valence-corrected chi connectivity index (χ0v) is 19.4. The number of ether oxygens (including phenoxy) is 2. The Labute approximate surface area is 188 Å². The Bertz CT molecular complexity index is 916. The van der Waals surface area contributed by atoms with Gasteiger partial charge in [0, 0.05) is 19.1 Å². The number of sulfonamides is 1. The first-order valence-corrected chi connectivity index (χ1v) is 12.4. The highest BCUT2D eigenvalue weighted by Crippen LogP contribution is 2.29. The molecule has 1 saturated heterocycles. The van der Waals surface area contributed by atoms with E-state index in [0.717, 1.165) is 19.3 Å². The molecule has 1 aliphatic carbocycles. The molecule has 3 rings (SSSR count). The van der Waals surface area contributed by atoms with Gasteiger partial charge in [0.2, 0.25) is 10.0 Å². The lowest BCUT2D eigenvalue weighted by atomic mass is 9.78. The first-order valence-electron chi connectivity index (χ1n) is 10.5. The maximum Gasteiger partial charge on any atom is 0.338 e. The average molecular weight is 473 g/mol. The van der Waals surface area contributed by atoms with E-state index in [1.54, 1.807) is 0 Å². The van der Waals surface area contributed by atoms with Gasteiger partial charge >= 0.3 is 5.97 Å². The van der Waals surface area contributed by atoms with Gasteiger partial charge in [0.15, 0.2) is 6.61 Å². The molecule has 1 saturated carbocycles. The summed E-state index contributed by atoms with van der Waals surface area (Å²) in [5, 5.41) is 2.96. The summed E-state index contributed by atoms with van der Waals surface area (Å²) in [5.74, 6) is -0.259. The van der Waals surface area contributed by atoms with E-state index in [9.17, 15) is 18.0 Å². The summed E-state index contributed by atoms with van der Waals surface area (Å²) >= 11 is 6.11. The van der Waals surface area contributed by atoms with Crippen molar-refractivity contribution in [3.05, 3.63) is 28.8 Å². The largest absolute Gasteiger partial charge is 0.452 e. The van der Waals surface area contributed by atoms with Crippen molar-refractivity contribution >= 4 is 33.5 Å². The van der Waals surface area contributed by atoms with E-state index >= 15 is 0 Å². The minimum Gasteiger partial charge on any atom is -0.452 e. The van der Waals surface area contributed by atoms with Crippen LogP contribution in [0.1, 0.15) is 43.5 Å². The summed E-state index contributed by atoms with van der Waals surface area (Å²) in [6.07, 6.45) is 3.11. The lowest BCUT2D eigenvalue weighted by Gasteiger charge is -2.34. The van der Waals surface area contributed by atoms with Gasteiger partial charge < -0.3 is 14.8 Å². The number of amides is 1. The zero-order valence-electron chi connectivity index (χ0n) is 17.8. The molecule has 0 radical (unpaired) electrons. The minimum atomic E-state index is -3.88. The van der Waals surface area contributed by atoms with Crippen LogP contribution in [0.15, 0.2) is 23.1 Å². The fourth-order valence-electron chi connectivity index (χ4n) is 4.00. The number of carbonyl (C=O) groups excluding carboxylic acids is 2. The number of benzene rings is 1. The second-order valence-electron chi connectivity index (χ2n) is 8.18. The third kappa shape index (κ3) is 5.77. The normalized spacial score (nSPS) is 25.1. The number of morpholine rings is 1. The maximum atomic E-state index is 12.9. The molecule has 172 valence electrons. The molecule has 1 N–H and O–H groups in total. The second-order valence-corrected chi connectivity index (χ2v) is 10.5. The van der Waals surface area contributed by atoms with Crippen LogP contribution in [0.4, 0.5) is 0 Å². The van der Waals surface area contributed by atoms with E-state index in [1.807, 2.05) is 0 Å². The van der Waals surface area contributed by atoms with Gasteiger partial charge in [0.1, 0.15) is 4.90 Å². The molecular formula is C21H29ClN2O6S. The molecule has 1 amide bonds. The SMILES string of the molecule is CC1CCCC(NC(=O)COC(=O)c2ccc(Cl)c(S(=O)(=O)N3CCOCC3)c2)C1C. The van der Waals surface area contributed by atoms with E-state index in [2.05, 4.69) is 19.2 Å². The Kier molecular flexibility index (Phi) is 7.96. The standard InChI is InChI=1S/C21H29ClN2O6S/c1-14-4-3-5-18(15(14)2)23-20(25)13-30-21(26)16-6-7-17(22)19(12-16)31(27,28)24-8-10-29-11-9-24/h6-7,12,14-15,18H,3-5,8-11,13H2,1-2H3,(H,23,25). The topological polar surface area (TPSA) is 102 Å². The van der Waals surface area contributed by atoms with Crippen LogP contribution in [0.2, 0.25) is 5.02 Å². The van der Waals surface area contributed by atoms with Crippen LogP contribution in [-0.2, 0) is 24.3 Å². The molecule has 10 heteroatoms. The van der Waals surface area contributed by atoms with Crippen molar-refractivity contribution in [3.8, 4) is 0 Å². The minimum absolute atomic E-state index is 0.0150. The summed E-state index contributed by atoms with van der Waals surface area (Å²) in [7, 11) is -3.88. The zero-order chi connectivity index (χ0) is 22.6. The summed E-state index contributed by atoms with van der Waals surface area (Å²) in [6, 6.07) is 3.98. The van der Waals surface area contributed by atoms with Gasteiger partial charge in [-0.25, -0.2) is 13.2 Å². The molecule has 0 aromatic heterocycles. The molecule has 2 fully saturated rings. The molecule has 2 aliphatic rings. The highest BCUT2D eigenvalue weighted by Gasteiger charge is 2.30. The number of hydrogen-bond acceptors (Lipinski definition) is 6. The first-order chi connectivity index (χ1) is 14.7. The molecule has 1 heterocycles. The summed E-state index contributed by atoms with van der Waals surface area (Å²) in [6.45, 7) is 4.89. The molecule has 1 aromatic carbocycles. The van der Waals surface area contributed by atoms with Gasteiger partial charge in [-0.2, -0.15) is 4.31 Å². The monoisotopic (exact) mass is 472 g/mol. The Morgan fingerprint density at radius 2 is 1.94 bits per heavy atom. The predicted molar refractivity (Wildman–Crippen MR) is 115 cm³/mol. The van der Waals surface area contributed by atoms with Gasteiger partial charge in [0.25, 0.3) is 5.91 Å². The number of esters is 1. The Morgan fingerprint density at radius 3 is 2.65 bits per heavy atom. The highest BCUT2D eigenvalue weighted by molar-refractivity contribution is 7.89. The molecule has 31 heavy (non-hydrogen) atoms. The second kappa shape index (κ2) is 10.3. The quantitative estimate of drug-likeness (QED) is 0.638. The maximum absolute atomic E-state index is 12.9. The molecule has 3 atom stereocenters. The molecule has 1 aromatic rings. The van der Waals surface area contributed by atoms with E-state index in [1.165, 1.54) is 22.5 Å². The van der Waals surface area contributed by atoms with E-state index in [0.29, 0.717) is 25.0 Å².